The molecule has 1 aliphatic heterocycles. The SMILES string of the molecule is CN=C(NCC(C)CN1CCCC1)N(C)Cc1ccccc1.I. The average molecular weight is 430 g/mol. The highest BCUT2D eigenvalue weighted by Crippen LogP contribution is 2.10. The van der Waals surface area contributed by atoms with Crippen LogP contribution in [0.15, 0.2) is 35.3 Å². The smallest absolute Gasteiger partial charge is 0.193 e. The zero-order valence-corrected chi connectivity index (χ0v) is 17.0. The van der Waals surface area contributed by atoms with Gasteiger partial charge in [-0.05, 0) is 37.4 Å². The lowest BCUT2D eigenvalue weighted by atomic mass is 10.1. The molecule has 0 amide bonds. The van der Waals surface area contributed by atoms with Crippen LogP contribution in [0.3, 0.4) is 0 Å². The minimum absolute atomic E-state index is 0. The average Bonchev–Trinajstić information content (AvgIpc) is 3.01. The first kappa shape index (κ1) is 20.2. The number of rotatable bonds is 6. The summed E-state index contributed by atoms with van der Waals surface area (Å²) < 4.78 is 0. The molecule has 1 N–H and O–H groups in total. The number of hydrogen-bond acceptors (Lipinski definition) is 2. The largest absolute Gasteiger partial charge is 0.356 e. The fourth-order valence-corrected chi connectivity index (χ4v) is 3.05. The van der Waals surface area contributed by atoms with Crippen molar-refractivity contribution in [3.63, 3.8) is 0 Å². The number of nitrogens with zero attached hydrogens (tertiary/aromatic N) is 3. The van der Waals surface area contributed by atoms with E-state index >= 15 is 0 Å². The van der Waals surface area contributed by atoms with E-state index < -0.39 is 0 Å². The van der Waals surface area contributed by atoms with E-state index in [4.69, 9.17) is 0 Å². The summed E-state index contributed by atoms with van der Waals surface area (Å²) in [5, 5.41) is 3.51. The van der Waals surface area contributed by atoms with Gasteiger partial charge >= 0.3 is 0 Å². The van der Waals surface area contributed by atoms with E-state index in [-0.39, 0.29) is 24.0 Å². The molecular weight excluding hydrogens is 399 g/mol. The maximum atomic E-state index is 4.41. The molecule has 0 radical (unpaired) electrons. The molecule has 23 heavy (non-hydrogen) atoms. The Kier molecular flexibility index (Phi) is 9.55. The number of benzene rings is 1. The Bertz CT molecular complexity index is 457. The Morgan fingerprint density at radius 2 is 1.91 bits per heavy atom. The van der Waals surface area contributed by atoms with Gasteiger partial charge in [-0.3, -0.25) is 4.99 Å². The summed E-state index contributed by atoms with van der Waals surface area (Å²) in [5.74, 6) is 1.61. The number of guanidine groups is 1. The topological polar surface area (TPSA) is 30.9 Å². The summed E-state index contributed by atoms with van der Waals surface area (Å²) in [6.07, 6.45) is 2.73. The molecule has 1 atom stereocenters. The van der Waals surface area contributed by atoms with E-state index in [1.54, 1.807) is 0 Å². The van der Waals surface area contributed by atoms with E-state index in [2.05, 4.69) is 64.4 Å². The standard InChI is InChI=1S/C18H30N4.HI/c1-16(14-22-11-7-8-12-22)13-20-18(19-2)21(3)15-17-9-5-4-6-10-17;/h4-6,9-10,16H,7-8,11-15H2,1-3H3,(H,19,20);1H. The molecule has 1 aromatic rings. The van der Waals surface area contributed by atoms with Crippen molar-refractivity contribution in [3.8, 4) is 0 Å². The molecule has 1 aliphatic rings. The zero-order valence-electron chi connectivity index (χ0n) is 14.7. The molecule has 0 aliphatic carbocycles. The number of hydrogen-bond donors (Lipinski definition) is 1. The molecule has 0 saturated carbocycles. The number of likely N-dealkylation sites (tertiary alicyclic amines) is 1. The van der Waals surface area contributed by atoms with Gasteiger partial charge in [0, 0.05) is 33.7 Å². The maximum absolute atomic E-state index is 4.41. The van der Waals surface area contributed by atoms with Gasteiger partial charge in [-0.1, -0.05) is 37.3 Å². The first-order valence-electron chi connectivity index (χ1n) is 8.37. The Labute approximate surface area is 158 Å². The maximum Gasteiger partial charge on any atom is 0.193 e. The van der Waals surface area contributed by atoms with Crippen LogP contribution in [0.5, 0.6) is 0 Å². The van der Waals surface area contributed by atoms with Gasteiger partial charge in [0.1, 0.15) is 0 Å². The van der Waals surface area contributed by atoms with Crippen LogP contribution >= 0.6 is 24.0 Å². The fraction of sp³-hybridized carbons (Fsp3) is 0.611. The second kappa shape index (κ2) is 10.9. The van der Waals surface area contributed by atoms with Gasteiger partial charge in [-0.25, -0.2) is 0 Å². The summed E-state index contributed by atoms with van der Waals surface area (Å²) in [7, 11) is 3.95. The predicted octanol–water partition coefficient (Wildman–Crippen LogP) is 3.04. The summed E-state index contributed by atoms with van der Waals surface area (Å²) in [6.45, 7) is 7.89. The first-order chi connectivity index (χ1) is 10.7. The van der Waals surface area contributed by atoms with Gasteiger partial charge in [0.15, 0.2) is 5.96 Å². The van der Waals surface area contributed by atoms with Crippen molar-refractivity contribution in [2.24, 2.45) is 10.9 Å². The third kappa shape index (κ3) is 7.08. The molecule has 5 heteroatoms. The molecule has 0 aromatic heterocycles. The Balaban J connectivity index is 0.00000264. The minimum atomic E-state index is 0. The molecule has 0 bridgehead atoms. The summed E-state index contributed by atoms with van der Waals surface area (Å²) >= 11 is 0. The summed E-state index contributed by atoms with van der Waals surface area (Å²) in [4.78, 5) is 9.16. The van der Waals surface area contributed by atoms with Crippen LogP contribution < -0.4 is 5.32 Å². The van der Waals surface area contributed by atoms with Gasteiger partial charge in [-0.15, -0.1) is 24.0 Å². The lowest BCUT2D eigenvalue weighted by Gasteiger charge is -2.25. The van der Waals surface area contributed by atoms with E-state index in [1.807, 2.05) is 7.05 Å². The molecule has 130 valence electrons. The minimum Gasteiger partial charge on any atom is -0.356 e. The van der Waals surface area contributed by atoms with Crippen molar-refractivity contribution in [1.82, 2.24) is 15.1 Å². The molecular formula is C18H31IN4. The highest BCUT2D eigenvalue weighted by atomic mass is 127. The van der Waals surface area contributed by atoms with Crippen molar-refractivity contribution >= 4 is 29.9 Å². The number of nitrogens with one attached hydrogen (secondary N) is 1. The summed E-state index contributed by atoms with van der Waals surface area (Å²) in [5.41, 5.74) is 1.30. The van der Waals surface area contributed by atoms with Crippen LogP contribution in [0.2, 0.25) is 0 Å². The molecule has 1 saturated heterocycles. The monoisotopic (exact) mass is 430 g/mol. The lowest BCUT2D eigenvalue weighted by molar-refractivity contribution is 0.286. The third-order valence-electron chi connectivity index (χ3n) is 4.21. The van der Waals surface area contributed by atoms with Crippen molar-refractivity contribution < 1.29 is 0 Å². The molecule has 0 spiro atoms. The van der Waals surface area contributed by atoms with Crippen LogP contribution in [0.25, 0.3) is 0 Å². The second-order valence-electron chi connectivity index (χ2n) is 6.38. The Hall–Kier alpha value is -0.820. The van der Waals surface area contributed by atoms with Crippen LogP contribution in [-0.2, 0) is 6.54 Å². The molecule has 1 unspecified atom stereocenters. The van der Waals surface area contributed by atoms with E-state index in [9.17, 15) is 0 Å². The Morgan fingerprint density at radius 1 is 1.26 bits per heavy atom. The molecule has 1 fully saturated rings. The van der Waals surface area contributed by atoms with Gasteiger partial charge in [0.2, 0.25) is 0 Å². The van der Waals surface area contributed by atoms with Crippen molar-refractivity contribution in [2.45, 2.75) is 26.3 Å². The van der Waals surface area contributed by atoms with Crippen LogP contribution in [-0.4, -0.2) is 56.0 Å². The predicted molar refractivity (Wildman–Crippen MR) is 110 cm³/mol. The van der Waals surface area contributed by atoms with Gasteiger partial charge in [0.25, 0.3) is 0 Å². The number of aliphatic imine (C=N–C) groups is 1. The number of halogens is 1. The van der Waals surface area contributed by atoms with Gasteiger partial charge in [-0.2, -0.15) is 0 Å². The summed E-state index contributed by atoms with van der Waals surface area (Å²) in [6, 6.07) is 10.5. The van der Waals surface area contributed by atoms with Crippen LogP contribution in [0.4, 0.5) is 0 Å². The normalized spacial score (nSPS) is 16.7. The first-order valence-corrected chi connectivity index (χ1v) is 8.37. The quantitative estimate of drug-likeness (QED) is 0.428. The molecule has 4 nitrogen and oxygen atoms in total. The van der Waals surface area contributed by atoms with Gasteiger partial charge < -0.3 is 15.1 Å². The second-order valence-corrected chi connectivity index (χ2v) is 6.38. The lowest BCUT2D eigenvalue weighted by Crippen LogP contribution is -2.42. The van der Waals surface area contributed by atoms with E-state index in [1.165, 1.54) is 38.0 Å². The third-order valence-corrected chi connectivity index (χ3v) is 4.21. The van der Waals surface area contributed by atoms with Crippen LogP contribution in [0, 0.1) is 5.92 Å². The molecule has 2 rings (SSSR count). The highest BCUT2D eigenvalue weighted by Gasteiger charge is 2.15. The van der Waals surface area contributed by atoms with E-state index in [0.29, 0.717) is 5.92 Å². The van der Waals surface area contributed by atoms with Crippen molar-refractivity contribution in [3.05, 3.63) is 35.9 Å². The van der Waals surface area contributed by atoms with Crippen molar-refractivity contribution in [2.75, 3.05) is 40.3 Å². The van der Waals surface area contributed by atoms with Gasteiger partial charge in [0.05, 0.1) is 0 Å². The zero-order chi connectivity index (χ0) is 15.8. The van der Waals surface area contributed by atoms with Crippen LogP contribution in [0.1, 0.15) is 25.3 Å². The fourth-order valence-electron chi connectivity index (χ4n) is 3.05. The molecule has 1 heterocycles. The highest BCUT2D eigenvalue weighted by molar-refractivity contribution is 14.0. The van der Waals surface area contributed by atoms with E-state index in [0.717, 1.165) is 19.0 Å². The molecule has 1 aromatic carbocycles. The Morgan fingerprint density at radius 3 is 2.52 bits per heavy atom. The van der Waals surface area contributed by atoms with Crippen molar-refractivity contribution in [1.29, 1.82) is 0 Å².